The fourth-order valence-corrected chi connectivity index (χ4v) is 3.93. The van der Waals surface area contributed by atoms with Gasteiger partial charge in [-0.05, 0) is 44.7 Å². The van der Waals surface area contributed by atoms with E-state index in [0.717, 1.165) is 32.1 Å². The Labute approximate surface area is 208 Å². The van der Waals surface area contributed by atoms with Crippen LogP contribution < -0.4 is 5.32 Å². The number of halogens is 2. The molecule has 1 aromatic rings. The first-order valence-corrected chi connectivity index (χ1v) is 12.7. The molecule has 5 nitrogen and oxygen atoms in total. The minimum Gasteiger partial charge on any atom is -0.460 e. The van der Waals surface area contributed by atoms with Gasteiger partial charge in [-0.2, -0.15) is 0 Å². The quantitative estimate of drug-likeness (QED) is 0.131. The van der Waals surface area contributed by atoms with Gasteiger partial charge in [0.1, 0.15) is 6.10 Å². The van der Waals surface area contributed by atoms with Crippen molar-refractivity contribution >= 4 is 46.5 Å². The van der Waals surface area contributed by atoms with E-state index in [1.165, 1.54) is 0 Å². The van der Waals surface area contributed by atoms with Crippen LogP contribution in [0.1, 0.15) is 86.0 Å². The summed E-state index contributed by atoms with van der Waals surface area (Å²) in [6.07, 6.45) is 6.69. The fourth-order valence-electron chi connectivity index (χ4n) is 3.43. The third kappa shape index (κ3) is 9.66. The number of rotatable bonds is 14. The van der Waals surface area contributed by atoms with Gasteiger partial charge in [-0.1, -0.05) is 83.2 Å². The van der Waals surface area contributed by atoms with Gasteiger partial charge in [-0.15, -0.1) is 11.6 Å². The number of hydrogen-bond acceptors (Lipinski definition) is 4. The lowest BCUT2D eigenvalue weighted by Gasteiger charge is -2.31. The fraction of sp³-hybridized carbons (Fsp3) is 0.654. The Morgan fingerprint density at radius 2 is 1.58 bits per heavy atom. The maximum Gasteiger partial charge on any atom is 0.345 e. The van der Waals surface area contributed by atoms with Crippen LogP contribution in [0.15, 0.2) is 30.3 Å². The molecule has 3 unspecified atom stereocenters. The van der Waals surface area contributed by atoms with Crippen LogP contribution in [0.25, 0.3) is 0 Å². The summed E-state index contributed by atoms with van der Waals surface area (Å²) in [6.45, 7) is 8.89. The predicted molar refractivity (Wildman–Crippen MR) is 136 cm³/mol. The number of nitrogens with one attached hydrogen (secondary N) is 1. The maximum atomic E-state index is 13.3. The van der Waals surface area contributed by atoms with Crippen LogP contribution in [0.4, 0.5) is 5.69 Å². The number of amides is 1. The van der Waals surface area contributed by atoms with Crippen molar-refractivity contribution in [2.24, 2.45) is 5.41 Å². The second kappa shape index (κ2) is 14.0. The highest BCUT2D eigenvalue weighted by atomic mass is 35.5. The molecule has 1 amide bonds. The number of hydrogen-bond donors (Lipinski definition) is 1. The number of Topliss-reactive ketones (excluding diaryl/α,β-unsaturated/α-hetero) is 1. The number of ketones is 1. The van der Waals surface area contributed by atoms with Gasteiger partial charge in [0.05, 0.1) is 0 Å². The summed E-state index contributed by atoms with van der Waals surface area (Å²) in [4.78, 5) is 37.2. The molecule has 1 aromatic carbocycles. The molecule has 0 saturated carbocycles. The Balaban J connectivity index is 3.08. The smallest absolute Gasteiger partial charge is 0.345 e. The maximum absolute atomic E-state index is 13.3. The normalized spacial score (nSPS) is 15.2. The summed E-state index contributed by atoms with van der Waals surface area (Å²) in [5, 5.41) is 2.51. The summed E-state index contributed by atoms with van der Waals surface area (Å²) in [6, 6.07) is 8.57. The van der Waals surface area contributed by atoms with Crippen molar-refractivity contribution < 1.29 is 19.1 Å². The molecule has 0 radical (unpaired) electrons. The van der Waals surface area contributed by atoms with E-state index in [4.69, 9.17) is 27.9 Å². The molecule has 0 spiro atoms. The van der Waals surface area contributed by atoms with Crippen molar-refractivity contribution in [3.05, 3.63) is 30.3 Å². The van der Waals surface area contributed by atoms with Gasteiger partial charge in [-0.25, -0.2) is 4.79 Å². The molecule has 7 heteroatoms. The number of para-hydroxylation sites is 1. The summed E-state index contributed by atoms with van der Waals surface area (Å²) >= 11 is 12.7. The molecule has 3 atom stereocenters. The Kier molecular flexibility index (Phi) is 12.5. The highest BCUT2D eigenvalue weighted by molar-refractivity contribution is 6.58. The van der Waals surface area contributed by atoms with Gasteiger partial charge < -0.3 is 10.1 Å². The molecule has 33 heavy (non-hydrogen) atoms. The molecule has 1 rings (SSSR count). The average Bonchev–Trinajstić information content (AvgIpc) is 2.75. The van der Waals surface area contributed by atoms with Gasteiger partial charge in [0, 0.05) is 16.5 Å². The summed E-state index contributed by atoms with van der Waals surface area (Å²) in [5.41, 5.74) is -0.597. The lowest BCUT2D eigenvalue weighted by atomic mass is 9.81. The standard InChI is InChI=1S/C26H39Cl2NO4/c1-6-7-8-9-13-16-21(18-17-19(2)27)33-24(32)26(28,22(30)25(3,4)5)23(31)29-20-14-11-10-12-15-20/h10-12,14-15,19,21H,6-9,13,16-18H2,1-5H3,(H,29,31). The zero-order chi connectivity index (χ0) is 25.1. The average molecular weight is 501 g/mol. The second-order valence-corrected chi connectivity index (χ2v) is 11.0. The number of carbonyl (C=O) groups is 3. The van der Waals surface area contributed by atoms with Crippen LogP contribution in [-0.4, -0.2) is 34.0 Å². The highest BCUT2D eigenvalue weighted by Gasteiger charge is 2.56. The van der Waals surface area contributed by atoms with Crippen LogP contribution in [0, 0.1) is 5.41 Å². The SMILES string of the molecule is CCCCCCCC(CCC(C)Cl)OC(=O)C(Cl)(C(=O)Nc1ccccc1)C(=O)C(C)(C)C. The molecular weight excluding hydrogens is 461 g/mol. The molecule has 0 aliphatic carbocycles. The van der Waals surface area contributed by atoms with E-state index in [9.17, 15) is 14.4 Å². The van der Waals surface area contributed by atoms with Crippen LogP contribution >= 0.6 is 23.2 Å². The van der Waals surface area contributed by atoms with E-state index in [1.807, 2.05) is 6.92 Å². The van der Waals surface area contributed by atoms with Crippen molar-refractivity contribution in [3.8, 4) is 0 Å². The summed E-state index contributed by atoms with van der Waals surface area (Å²) < 4.78 is 5.74. The molecule has 0 aromatic heterocycles. The zero-order valence-corrected chi connectivity index (χ0v) is 22.1. The number of anilines is 1. The minimum absolute atomic E-state index is 0.0790. The lowest BCUT2D eigenvalue weighted by molar-refractivity contribution is -0.159. The van der Waals surface area contributed by atoms with E-state index in [0.29, 0.717) is 24.9 Å². The molecule has 0 aliphatic rings. The molecule has 0 saturated heterocycles. The van der Waals surface area contributed by atoms with Crippen molar-refractivity contribution in [1.82, 2.24) is 0 Å². The Morgan fingerprint density at radius 3 is 2.12 bits per heavy atom. The Bertz CT molecular complexity index is 761. The Morgan fingerprint density at radius 1 is 0.970 bits per heavy atom. The van der Waals surface area contributed by atoms with E-state index in [-0.39, 0.29) is 5.38 Å². The number of benzene rings is 1. The largest absolute Gasteiger partial charge is 0.460 e. The first-order chi connectivity index (χ1) is 15.4. The summed E-state index contributed by atoms with van der Waals surface area (Å²) in [5.74, 6) is -2.64. The first-order valence-electron chi connectivity index (χ1n) is 11.9. The second-order valence-electron chi connectivity index (χ2n) is 9.65. The van der Waals surface area contributed by atoms with E-state index in [1.54, 1.807) is 51.1 Å². The highest BCUT2D eigenvalue weighted by Crippen LogP contribution is 2.32. The van der Waals surface area contributed by atoms with Gasteiger partial charge in [-0.3, -0.25) is 9.59 Å². The topological polar surface area (TPSA) is 72.5 Å². The summed E-state index contributed by atoms with van der Waals surface area (Å²) in [7, 11) is 0. The number of ether oxygens (including phenoxy) is 1. The van der Waals surface area contributed by atoms with E-state index >= 15 is 0 Å². The molecule has 186 valence electrons. The van der Waals surface area contributed by atoms with Gasteiger partial charge in [0.15, 0.2) is 5.78 Å². The van der Waals surface area contributed by atoms with Crippen LogP contribution in [-0.2, 0) is 19.1 Å². The van der Waals surface area contributed by atoms with Crippen LogP contribution in [0.3, 0.4) is 0 Å². The number of esters is 1. The number of alkyl halides is 2. The first kappa shape index (κ1) is 29.4. The lowest BCUT2D eigenvalue weighted by Crippen LogP contribution is -2.56. The van der Waals surface area contributed by atoms with E-state index in [2.05, 4.69) is 12.2 Å². The van der Waals surface area contributed by atoms with Gasteiger partial charge >= 0.3 is 5.97 Å². The third-order valence-corrected chi connectivity index (χ3v) is 6.13. The van der Waals surface area contributed by atoms with Crippen LogP contribution in [0.5, 0.6) is 0 Å². The van der Waals surface area contributed by atoms with E-state index < -0.39 is 34.1 Å². The third-order valence-electron chi connectivity index (χ3n) is 5.41. The Hall–Kier alpha value is -1.59. The van der Waals surface area contributed by atoms with Crippen molar-refractivity contribution in [2.45, 2.75) is 102 Å². The van der Waals surface area contributed by atoms with Crippen molar-refractivity contribution in [3.63, 3.8) is 0 Å². The monoisotopic (exact) mass is 499 g/mol. The molecular formula is C26H39Cl2NO4. The molecule has 0 aliphatic heterocycles. The minimum atomic E-state index is -2.48. The molecule has 0 heterocycles. The van der Waals surface area contributed by atoms with Gasteiger partial charge in [0.25, 0.3) is 10.8 Å². The van der Waals surface area contributed by atoms with Crippen molar-refractivity contribution in [2.75, 3.05) is 5.32 Å². The van der Waals surface area contributed by atoms with Gasteiger partial charge in [0.2, 0.25) is 0 Å². The molecule has 0 bridgehead atoms. The molecule has 0 fully saturated rings. The molecule has 1 N–H and O–H groups in total. The van der Waals surface area contributed by atoms with Crippen molar-refractivity contribution in [1.29, 1.82) is 0 Å². The van der Waals surface area contributed by atoms with Crippen LogP contribution in [0.2, 0.25) is 0 Å². The number of unbranched alkanes of at least 4 members (excludes halogenated alkanes) is 4. The number of carbonyl (C=O) groups excluding carboxylic acids is 3. The predicted octanol–water partition coefficient (Wildman–Crippen LogP) is 6.90. The zero-order valence-electron chi connectivity index (χ0n) is 20.6.